The van der Waals surface area contributed by atoms with Crippen molar-refractivity contribution in [2.24, 2.45) is 5.41 Å². The lowest BCUT2D eigenvalue weighted by molar-refractivity contribution is -0.150. The first-order chi connectivity index (χ1) is 8.52. The lowest BCUT2D eigenvalue weighted by Gasteiger charge is -2.22. The van der Waals surface area contributed by atoms with Crippen LogP contribution in [-0.4, -0.2) is 27.2 Å². The van der Waals surface area contributed by atoms with Crippen molar-refractivity contribution >= 4 is 17.7 Å². The van der Waals surface area contributed by atoms with E-state index in [-0.39, 0.29) is 12.3 Å². The van der Waals surface area contributed by atoms with Gasteiger partial charge in [0.05, 0.1) is 5.41 Å². The molecule has 98 valence electrons. The maximum absolute atomic E-state index is 11.9. The fourth-order valence-electron chi connectivity index (χ4n) is 2.49. The van der Waals surface area contributed by atoms with Crippen LogP contribution in [0.15, 0.2) is 6.07 Å². The Labute approximate surface area is 105 Å². The Bertz CT molecular complexity index is 461. The molecule has 1 aromatic rings. The Balaban J connectivity index is 1.99. The smallest absolute Gasteiger partial charge is 0.310 e. The molecule has 0 spiro atoms. The van der Waals surface area contributed by atoms with Crippen molar-refractivity contribution in [3.8, 4) is 0 Å². The second-order valence-corrected chi connectivity index (χ2v) is 4.95. The minimum atomic E-state index is -0.880. The van der Waals surface area contributed by atoms with E-state index >= 15 is 0 Å². The van der Waals surface area contributed by atoms with Gasteiger partial charge >= 0.3 is 5.97 Å². The summed E-state index contributed by atoms with van der Waals surface area (Å²) in [5.41, 5.74) is -0.0331. The monoisotopic (exact) mass is 251 g/mol. The molecule has 0 aliphatic heterocycles. The third-order valence-corrected chi connectivity index (χ3v) is 3.49. The molecule has 0 unspecified atom stereocenters. The Morgan fingerprint density at radius 3 is 2.67 bits per heavy atom. The summed E-state index contributed by atoms with van der Waals surface area (Å²) in [6.45, 7) is 1.83. The van der Waals surface area contributed by atoms with E-state index in [9.17, 15) is 14.7 Å². The predicted molar refractivity (Wildman–Crippen MR) is 65.1 cm³/mol. The van der Waals surface area contributed by atoms with Crippen molar-refractivity contribution in [3.05, 3.63) is 11.8 Å². The van der Waals surface area contributed by atoms with Crippen LogP contribution in [0.5, 0.6) is 0 Å². The molecule has 1 aliphatic carbocycles. The van der Waals surface area contributed by atoms with E-state index in [1.807, 2.05) is 6.92 Å². The largest absolute Gasteiger partial charge is 0.481 e. The molecule has 1 aromatic heterocycles. The van der Waals surface area contributed by atoms with Crippen molar-refractivity contribution in [1.29, 1.82) is 0 Å². The number of aliphatic carboxylic acids is 1. The first kappa shape index (κ1) is 12.6. The quantitative estimate of drug-likeness (QED) is 0.758. The number of rotatable bonds is 4. The molecule has 6 heteroatoms. The highest BCUT2D eigenvalue weighted by atomic mass is 16.4. The zero-order valence-corrected chi connectivity index (χ0v) is 10.3. The van der Waals surface area contributed by atoms with Gasteiger partial charge in [-0.1, -0.05) is 12.8 Å². The molecule has 1 fully saturated rings. The van der Waals surface area contributed by atoms with Crippen molar-refractivity contribution in [3.63, 3.8) is 0 Å². The van der Waals surface area contributed by atoms with Gasteiger partial charge < -0.3 is 10.4 Å². The first-order valence-electron chi connectivity index (χ1n) is 6.07. The van der Waals surface area contributed by atoms with Crippen LogP contribution in [0.4, 0.5) is 5.82 Å². The second-order valence-electron chi connectivity index (χ2n) is 4.95. The topological polar surface area (TPSA) is 95.1 Å². The molecule has 0 aromatic carbocycles. The van der Waals surface area contributed by atoms with Crippen molar-refractivity contribution in [2.45, 2.75) is 39.0 Å². The van der Waals surface area contributed by atoms with Crippen molar-refractivity contribution in [2.75, 3.05) is 5.32 Å². The first-order valence-corrected chi connectivity index (χ1v) is 6.07. The average Bonchev–Trinajstić information content (AvgIpc) is 2.89. The molecule has 1 heterocycles. The van der Waals surface area contributed by atoms with E-state index in [1.165, 1.54) is 0 Å². The van der Waals surface area contributed by atoms with E-state index < -0.39 is 11.4 Å². The Morgan fingerprint density at radius 1 is 1.50 bits per heavy atom. The Morgan fingerprint density at radius 2 is 2.17 bits per heavy atom. The number of anilines is 1. The predicted octanol–water partition coefficient (Wildman–Crippen LogP) is 1.69. The SMILES string of the molecule is Cc1cc(NC(=O)CC2(C(=O)O)CCCC2)n[nH]1. The lowest BCUT2D eigenvalue weighted by atomic mass is 9.82. The highest BCUT2D eigenvalue weighted by Crippen LogP contribution is 2.41. The number of hydrogen-bond acceptors (Lipinski definition) is 3. The molecule has 0 radical (unpaired) electrons. The number of nitrogens with one attached hydrogen (secondary N) is 2. The summed E-state index contributed by atoms with van der Waals surface area (Å²) in [5, 5.41) is 18.5. The number of hydrogen-bond donors (Lipinski definition) is 3. The number of aryl methyl sites for hydroxylation is 1. The van der Waals surface area contributed by atoms with Crippen LogP contribution in [0.2, 0.25) is 0 Å². The Hall–Kier alpha value is -1.85. The molecule has 0 atom stereocenters. The maximum Gasteiger partial charge on any atom is 0.310 e. The molecule has 0 bridgehead atoms. The number of amides is 1. The lowest BCUT2D eigenvalue weighted by Crippen LogP contribution is -2.32. The van der Waals surface area contributed by atoms with Gasteiger partial charge in [-0.2, -0.15) is 5.10 Å². The number of aromatic amines is 1. The van der Waals surface area contributed by atoms with Crippen LogP contribution in [0.25, 0.3) is 0 Å². The zero-order chi connectivity index (χ0) is 13.2. The van der Waals surface area contributed by atoms with Gasteiger partial charge in [-0.25, -0.2) is 0 Å². The fourth-order valence-corrected chi connectivity index (χ4v) is 2.49. The fraction of sp³-hybridized carbons (Fsp3) is 0.583. The summed E-state index contributed by atoms with van der Waals surface area (Å²) >= 11 is 0. The van der Waals surface area contributed by atoms with Crippen LogP contribution < -0.4 is 5.32 Å². The minimum Gasteiger partial charge on any atom is -0.481 e. The number of carbonyl (C=O) groups is 2. The molecule has 18 heavy (non-hydrogen) atoms. The molecule has 0 saturated heterocycles. The number of carboxylic acid groups (broad SMARTS) is 1. The van der Waals surface area contributed by atoms with Gasteiger partial charge in [-0.3, -0.25) is 14.7 Å². The maximum atomic E-state index is 11.9. The van der Waals surface area contributed by atoms with E-state index in [2.05, 4.69) is 15.5 Å². The average molecular weight is 251 g/mol. The van der Waals surface area contributed by atoms with Gasteiger partial charge in [-0.05, 0) is 19.8 Å². The van der Waals surface area contributed by atoms with Crippen LogP contribution in [0.3, 0.4) is 0 Å². The number of nitrogens with zero attached hydrogens (tertiary/aromatic N) is 1. The van der Waals surface area contributed by atoms with Gasteiger partial charge in [0.15, 0.2) is 5.82 Å². The number of carbonyl (C=O) groups excluding carboxylic acids is 1. The van der Waals surface area contributed by atoms with Crippen LogP contribution in [0.1, 0.15) is 37.8 Å². The summed E-state index contributed by atoms with van der Waals surface area (Å²) in [6, 6.07) is 1.71. The van der Waals surface area contributed by atoms with Crippen molar-refractivity contribution < 1.29 is 14.7 Å². The number of aromatic nitrogens is 2. The molecular formula is C12H17N3O3. The highest BCUT2D eigenvalue weighted by molar-refractivity contribution is 5.93. The van der Waals surface area contributed by atoms with Gasteiger partial charge in [0.2, 0.25) is 5.91 Å². The van der Waals surface area contributed by atoms with E-state index in [0.29, 0.717) is 18.7 Å². The van der Waals surface area contributed by atoms with Gasteiger partial charge in [0.1, 0.15) is 0 Å². The van der Waals surface area contributed by atoms with Crippen LogP contribution in [-0.2, 0) is 9.59 Å². The summed E-state index contributed by atoms with van der Waals surface area (Å²) in [4.78, 5) is 23.2. The third-order valence-electron chi connectivity index (χ3n) is 3.49. The zero-order valence-electron chi connectivity index (χ0n) is 10.3. The van der Waals surface area contributed by atoms with Crippen molar-refractivity contribution in [1.82, 2.24) is 10.2 Å². The van der Waals surface area contributed by atoms with Crippen LogP contribution >= 0.6 is 0 Å². The van der Waals surface area contributed by atoms with Gasteiger partial charge in [-0.15, -0.1) is 0 Å². The number of H-pyrrole nitrogens is 1. The highest BCUT2D eigenvalue weighted by Gasteiger charge is 2.43. The summed E-state index contributed by atoms with van der Waals surface area (Å²) in [6.07, 6.45) is 2.93. The van der Waals surface area contributed by atoms with Crippen LogP contribution in [0, 0.1) is 12.3 Å². The molecule has 1 saturated carbocycles. The molecule has 1 amide bonds. The minimum absolute atomic E-state index is 0.0221. The van der Waals surface area contributed by atoms with E-state index in [1.54, 1.807) is 6.07 Å². The van der Waals surface area contributed by atoms with E-state index in [0.717, 1.165) is 18.5 Å². The molecular weight excluding hydrogens is 234 g/mol. The molecule has 6 nitrogen and oxygen atoms in total. The normalized spacial score (nSPS) is 17.6. The van der Waals surface area contributed by atoms with E-state index in [4.69, 9.17) is 0 Å². The summed E-state index contributed by atoms with van der Waals surface area (Å²) < 4.78 is 0. The van der Waals surface area contributed by atoms with Gasteiger partial charge in [0, 0.05) is 18.2 Å². The summed E-state index contributed by atoms with van der Waals surface area (Å²) in [5.74, 6) is -0.713. The second kappa shape index (κ2) is 4.80. The summed E-state index contributed by atoms with van der Waals surface area (Å²) in [7, 11) is 0. The molecule has 3 N–H and O–H groups in total. The molecule has 2 rings (SSSR count). The van der Waals surface area contributed by atoms with Gasteiger partial charge in [0.25, 0.3) is 0 Å². The third kappa shape index (κ3) is 2.52. The molecule has 1 aliphatic rings. The Kier molecular flexibility index (Phi) is 3.36. The standard InChI is InChI=1S/C12H17N3O3/c1-8-6-9(15-14-8)13-10(16)7-12(11(17)18)4-2-3-5-12/h6H,2-5,7H2,1H3,(H,17,18)(H2,13,14,15,16). The number of carboxylic acids is 1.